The summed E-state index contributed by atoms with van der Waals surface area (Å²) in [6.07, 6.45) is 0. The molecule has 2 aromatic rings. The maximum atomic E-state index is 5.54. The van der Waals surface area contributed by atoms with Gasteiger partial charge in [-0.1, -0.05) is 67.7 Å². The molecule has 0 bridgehead atoms. The van der Waals surface area contributed by atoms with Gasteiger partial charge < -0.3 is 0 Å². The van der Waals surface area contributed by atoms with Crippen LogP contribution < -0.4 is 5.19 Å². The van der Waals surface area contributed by atoms with Gasteiger partial charge in [0.1, 0.15) is 0 Å². The zero-order valence-corrected chi connectivity index (χ0v) is 12.3. The fourth-order valence-corrected chi connectivity index (χ4v) is 3.99. The van der Waals surface area contributed by atoms with Crippen molar-refractivity contribution in [1.29, 1.82) is 0 Å². The van der Waals surface area contributed by atoms with E-state index in [1.807, 2.05) is 6.07 Å². The third-order valence-electron chi connectivity index (χ3n) is 3.07. The summed E-state index contributed by atoms with van der Waals surface area (Å²) in [4.78, 5) is 0. The first-order valence-corrected chi connectivity index (χ1v) is 9.30. The minimum atomic E-state index is -1.70. The molecule has 0 N–H and O–H groups in total. The minimum Gasteiger partial charge on any atom is -0.109 e. The summed E-state index contributed by atoms with van der Waals surface area (Å²) < 4.78 is 0. The van der Waals surface area contributed by atoms with Crippen LogP contribution in [-0.4, -0.2) is 8.07 Å². The lowest BCUT2D eigenvalue weighted by atomic mass is 10.1. The van der Waals surface area contributed by atoms with E-state index in [-0.39, 0.29) is 0 Å². The lowest BCUT2D eigenvalue weighted by Gasteiger charge is -2.15. The summed E-state index contributed by atoms with van der Waals surface area (Å²) in [5.74, 6) is 0. The number of benzene rings is 2. The molecule has 0 aliphatic heterocycles. The van der Waals surface area contributed by atoms with E-state index in [2.05, 4.69) is 72.5 Å². The van der Waals surface area contributed by atoms with Crippen LogP contribution in [0.3, 0.4) is 0 Å². The second-order valence-corrected chi connectivity index (χ2v) is 9.05. The molecule has 0 saturated carbocycles. The molecule has 0 aliphatic carbocycles. The Morgan fingerprint density at radius 3 is 1.94 bits per heavy atom. The lowest BCUT2D eigenvalue weighted by Crippen LogP contribution is -2.39. The van der Waals surface area contributed by atoms with Gasteiger partial charge in [-0.15, -0.1) is 5.54 Å². The second kappa shape index (κ2) is 5.43. The molecule has 0 unspecified atom stereocenters. The third-order valence-corrected chi connectivity index (χ3v) is 5.85. The van der Waals surface area contributed by atoms with Gasteiger partial charge in [0.2, 0.25) is 0 Å². The summed E-state index contributed by atoms with van der Waals surface area (Å²) in [6.45, 7) is 4.42. The predicted octanol–water partition coefficient (Wildman–Crippen LogP) is 4.01. The molecular formula is C16H15ClSi. The Balaban J connectivity index is 2.33. The minimum absolute atomic E-state index is 1.24. The van der Waals surface area contributed by atoms with Gasteiger partial charge in [0.05, 0.1) is 0 Å². The van der Waals surface area contributed by atoms with E-state index >= 15 is 0 Å². The summed E-state index contributed by atoms with van der Waals surface area (Å²) in [7, 11) is -1.70. The fourth-order valence-electron chi connectivity index (χ4n) is 1.90. The average molecular weight is 271 g/mol. The van der Waals surface area contributed by atoms with Crippen LogP contribution >= 0.6 is 11.6 Å². The highest BCUT2D eigenvalue weighted by Crippen LogP contribution is 2.18. The molecule has 0 nitrogen and oxygen atoms in total. The molecule has 0 spiro atoms. The Hall–Kier alpha value is -1.49. The van der Waals surface area contributed by atoms with Gasteiger partial charge in [0.15, 0.2) is 8.07 Å². The van der Waals surface area contributed by atoms with Crippen molar-refractivity contribution in [2.45, 2.75) is 13.1 Å². The quantitative estimate of drug-likeness (QED) is 0.571. The second-order valence-electron chi connectivity index (χ2n) is 4.79. The molecule has 90 valence electrons. The molecule has 0 radical (unpaired) electrons. The first-order chi connectivity index (χ1) is 8.63. The first-order valence-electron chi connectivity index (χ1n) is 5.92. The van der Waals surface area contributed by atoms with E-state index < -0.39 is 8.07 Å². The van der Waals surface area contributed by atoms with E-state index in [0.717, 1.165) is 0 Å². The van der Waals surface area contributed by atoms with Crippen molar-refractivity contribution < 1.29 is 0 Å². The van der Waals surface area contributed by atoms with Crippen molar-refractivity contribution in [2.75, 3.05) is 0 Å². The molecule has 0 aromatic heterocycles. The standard InChI is InChI=1S/C16H15ClSi/c1-18(2,13-12-17)16-10-8-15(9-11-16)14-6-4-3-5-7-14/h3-11H,1-2H3. The predicted molar refractivity (Wildman–Crippen MR) is 82.6 cm³/mol. The van der Waals surface area contributed by atoms with Crippen molar-refractivity contribution in [3.63, 3.8) is 0 Å². The monoisotopic (exact) mass is 270 g/mol. The van der Waals surface area contributed by atoms with Crippen LogP contribution in [0.4, 0.5) is 0 Å². The molecule has 0 fully saturated rings. The van der Waals surface area contributed by atoms with E-state index in [9.17, 15) is 0 Å². The van der Waals surface area contributed by atoms with Gasteiger partial charge in [-0.25, -0.2) is 0 Å². The molecule has 0 amide bonds. The molecule has 2 rings (SSSR count). The Morgan fingerprint density at radius 2 is 1.39 bits per heavy atom. The van der Waals surface area contributed by atoms with Crippen LogP contribution in [0.15, 0.2) is 54.6 Å². The van der Waals surface area contributed by atoms with Crippen molar-refractivity contribution in [3.8, 4) is 22.1 Å². The van der Waals surface area contributed by atoms with Crippen LogP contribution in [0.25, 0.3) is 11.1 Å². The van der Waals surface area contributed by atoms with E-state index in [1.54, 1.807) is 0 Å². The topological polar surface area (TPSA) is 0 Å². The van der Waals surface area contributed by atoms with Gasteiger partial charge in [0.25, 0.3) is 0 Å². The molecule has 18 heavy (non-hydrogen) atoms. The summed E-state index contributed by atoms with van der Waals surface area (Å²) in [6, 6.07) is 19.1. The molecule has 2 heteroatoms. The van der Waals surface area contributed by atoms with Gasteiger partial charge >= 0.3 is 0 Å². The number of hydrogen-bond donors (Lipinski definition) is 0. The van der Waals surface area contributed by atoms with E-state index in [4.69, 9.17) is 11.6 Å². The Bertz CT molecular complexity index is 574. The van der Waals surface area contributed by atoms with Crippen molar-refractivity contribution in [1.82, 2.24) is 0 Å². The maximum absolute atomic E-state index is 5.54. The lowest BCUT2D eigenvalue weighted by molar-refractivity contribution is 1.63. The van der Waals surface area contributed by atoms with Gasteiger partial charge in [-0.05, 0) is 33.3 Å². The van der Waals surface area contributed by atoms with Crippen molar-refractivity contribution >= 4 is 24.9 Å². The van der Waals surface area contributed by atoms with Crippen LogP contribution in [0, 0.1) is 10.9 Å². The highest BCUT2D eigenvalue weighted by Gasteiger charge is 2.20. The summed E-state index contributed by atoms with van der Waals surface area (Å²) in [5.41, 5.74) is 5.63. The van der Waals surface area contributed by atoms with Crippen LogP contribution in [-0.2, 0) is 0 Å². The number of hydrogen-bond acceptors (Lipinski definition) is 0. The summed E-state index contributed by atoms with van der Waals surface area (Å²) >= 11 is 5.54. The number of halogens is 1. The first kappa shape index (κ1) is 13.0. The Kier molecular flexibility index (Phi) is 3.91. The molecule has 0 atom stereocenters. The normalized spacial score (nSPS) is 10.6. The molecule has 0 aliphatic rings. The fraction of sp³-hybridized carbons (Fsp3) is 0.125. The molecule has 0 heterocycles. The van der Waals surface area contributed by atoms with Crippen LogP contribution in [0.2, 0.25) is 13.1 Å². The zero-order chi connectivity index (χ0) is 13.0. The van der Waals surface area contributed by atoms with Gasteiger partial charge in [0, 0.05) is 0 Å². The van der Waals surface area contributed by atoms with E-state index in [1.165, 1.54) is 16.3 Å². The van der Waals surface area contributed by atoms with Gasteiger partial charge in [-0.2, -0.15) is 0 Å². The smallest absolute Gasteiger partial charge is 0.109 e. The van der Waals surface area contributed by atoms with Crippen molar-refractivity contribution in [2.24, 2.45) is 0 Å². The summed E-state index contributed by atoms with van der Waals surface area (Å²) in [5, 5.41) is 3.85. The number of rotatable bonds is 2. The molecule has 2 aromatic carbocycles. The average Bonchev–Trinajstić information content (AvgIpc) is 2.40. The zero-order valence-electron chi connectivity index (χ0n) is 10.6. The van der Waals surface area contributed by atoms with Crippen LogP contribution in [0.1, 0.15) is 0 Å². The highest BCUT2D eigenvalue weighted by molar-refractivity contribution is 6.96. The van der Waals surface area contributed by atoms with Crippen LogP contribution in [0.5, 0.6) is 0 Å². The highest BCUT2D eigenvalue weighted by atomic mass is 35.5. The SMILES string of the molecule is C[Si](C)(C#CCl)c1ccc(-c2ccccc2)cc1. The third kappa shape index (κ3) is 2.84. The largest absolute Gasteiger partial charge is 0.164 e. The Morgan fingerprint density at radius 1 is 0.833 bits per heavy atom. The molecule has 0 saturated heterocycles. The van der Waals surface area contributed by atoms with E-state index in [0.29, 0.717) is 0 Å². The van der Waals surface area contributed by atoms with Gasteiger partial charge in [-0.3, -0.25) is 0 Å². The maximum Gasteiger partial charge on any atom is 0.164 e. The van der Waals surface area contributed by atoms with Crippen molar-refractivity contribution in [3.05, 3.63) is 54.6 Å². The Labute approximate surface area is 115 Å². The molecular weight excluding hydrogens is 256 g/mol.